The Bertz CT molecular complexity index is 1230. The number of nitro benzene ring substituents is 2. The zero-order valence-corrected chi connectivity index (χ0v) is 18.2. The molecule has 1 fully saturated rings. The number of carbonyl (C=O) groups is 2. The second-order valence-corrected chi connectivity index (χ2v) is 7.99. The molecular formula is C19H12N3O9S2-. The van der Waals surface area contributed by atoms with Gasteiger partial charge in [-0.1, -0.05) is 30.0 Å². The van der Waals surface area contributed by atoms with Crippen LogP contribution in [0.25, 0.3) is 6.08 Å². The molecule has 170 valence electrons. The van der Waals surface area contributed by atoms with E-state index in [1.54, 1.807) is 0 Å². The largest absolute Gasteiger partial charge is 0.548 e. The zero-order valence-electron chi connectivity index (χ0n) is 16.6. The highest BCUT2D eigenvalue weighted by atomic mass is 32.2. The fourth-order valence-electron chi connectivity index (χ4n) is 2.74. The number of rotatable bonds is 8. The maximum absolute atomic E-state index is 12.4. The molecule has 1 aliphatic rings. The van der Waals surface area contributed by atoms with E-state index in [9.17, 15) is 34.9 Å². The Kier molecular flexibility index (Phi) is 6.89. The molecule has 0 atom stereocenters. The number of carbonyl (C=O) groups excluding carboxylic acids is 2. The number of aliphatic carboxylic acids is 1. The van der Waals surface area contributed by atoms with Crippen LogP contribution in [0.2, 0.25) is 0 Å². The van der Waals surface area contributed by atoms with E-state index in [1.165, 1.54) is 31.4 Å². The highest BCUT2D eigenvalue weighted by Crippen LogP contribution is 2.39. The molecule has 0 bridgehead atoms. The number of methoxy groups -OCH3 is 1. The predicted octanol–water partition coefficient (Wildman–Crippen LogP) is 2.25. The van der Waals surface area contributed by atoms with Crippen molar-refractivity contribution in [2.45, 2.75) is 0 Å². The number of carboxylic acid groups (broad SMARTS) is 1. The van der Waals surface area contributed by atoms with Crippen LogP contribution in [0.15, 0.2) is 41.3 Å². The summed E-state index contributed by atoms with van der Waals surface area (Å²) in [5.74, 6) is -2.04. The molecule has 1 aliphatic heterocycles. The normalized spacial score (nSPS) is 14.5. The molecule has 0 aliphatic carbocycles. The van der Waals surface area contributed by atoms with Crippen molar-refractivity contribution in [1.29, 1.82) is 0 Å². The van der Waals surface area contributed by atoms with Crippen LogP contribution in [0.5, 0.6) is 17.2 Å². The minimum Gasteiger partial charge on any atom is -0.548 e. The second-order valence-electron chi connectivity index (χ2n) is 6.32. The minimum absolute atomic E-state index is 0.0767. The molecule has 3 rings (SSSR count). The first-order chi connectivity index (χ1) is 15.6. The van der Waals surface area contributed by atoms with Crippen molar-refractivity contribution in [3.63, 3.8) is 0 Å². The van der Waals surface area contributed by atoms with Gasteiger partial charge in [-0.3, -0.25) is 29.9 Å². The van der Waals surface area contributed by atoms with E-state index in [1.807, 2.05) is 0 Å². The Morgan fingerprint density at radius 3 is 2.42 bits per heavy atom. The van der Waals surface area contributed by atoms with Crippen LogP contribution in [0.4, 0.5) is 11.4 Å². The van der Waals surface area contributed by atoms with Gasteiger partial charge in [0.1, 0.15) is 4.32 Å². The van der Waals surface area contributed by atoms with Crippen LogP contribution >= 0.6 is 24.0 Å². The van der Waals surface area contributed by atoms with Crippen molar-refractivity contribution in [3.8, 4) is 17.2 Å². The first-order valence-electron chi connectivity index (χ1n) is 8.84. The summed E-state index contributed by atoms with van der Waals surface area (Å²) in [7, 11) is 1.33. The Morgan fingerprint density at radius 1 is 1.12 bits per heavy atom. The van der Waals surface area contributed by atoms with E-state index in [0.717, 1.165) is 34.9 Å². The number of thiocarbonyl (C=S) groups is 1. The van der Waals surface area contributed by atoms with Crippen molar-refractivity contribution >= 4 is 57.6 Å². The number of hydrogen-bond acceptors (Lipinski definition) is 11. The van der Waals surface area contributed by atoms with Crippen molar-refractivity contribution in [2.75, 3.05) is 13.7 Å². The molecular weight excluding hydrogens is 478 g/mol. The number of thioether (sulfide) groups is 1. The number of nitro groups is 2. The molecule has 0 N–H and O–H groups in total. The first-order valence-corrected chi connectivity index (χ1v) is 10.1. The van der Waals surface area contributed by atoms with Crippen molar-refractivity contribution in [1.82, 2.24) is 4.90 Å². The van der Waals surface area contributed by atoms with Gasteiger partial charge in [-0.05, 0) is 29.8 Å². The number of amides is 1. The topological polar surface area (TPSA) is 165 Å². The lowest BCUT2D eigenvalue weighted by atomic mass is 10.1. The van der Waals surface area contributed by atoms with Gasteiger partial charge < -0.3 is 19.4 Å². The van der Waals surface area contributed by atoms with Gasteiger partial charge in [0, 0.05) is 6.07 Å². The lowest BCUT2D eigenvalue weighted by Crippen LogP contribution is -2.40. The van der Waals surface area contributed by atoms with Gasteiger partial charge in [-0.2, -0.15) is 0 Å². The molecule has 1 amide bonds. The monoisotopic (exact) mass is 490 g/mol. The van der Waals surface area contributed by atoms with Gasteiger partial charge in [-0.25, -0.2) is 0 Å². The van der Waals surface area contributed by atoms with Crippen molar-refractivity contribution < 1.29 is 34.0 Å². The van der Waals surface area contributed by atoms with E-state index < -0.39 is 39.6 Å². The number of non-ortho nitro benzene ring substituents is 1. The summed E-state index contributed by atoms with van der Waals surface area (Å²) >= 11 is 5.95. The summed E-state index contributed by atoms with van der Waals surface area (Å²) in [6.07, 6.45) is 1.47. The molecule has 0 radical (unpaired) electrons. The van der Waals surface area contributed by atoms with Gasteiger partial charge in [0.2, 0.25) is 5.75 Å². The summed E-state index contributed by atoms with van der Waals surface area (Å²) in [5, 5.41) is 33.0. The van der Waals surface area contributed by atoms with Crippen LogP contribution in [0, 0.1) is 20.2 Å². The smallest absolute Gasteiger partial charge is 0.318 e. The fraction of sp³-hybridized carbons (Fsp3) is 0.105. The van der Waals surface area contributed by atoms with Crippen LogP contribution < -0.4 is 14.6 Å². The molecule has 1 heterocycles. The van der Waals surface area contributed by atoms with Crippen LogP contribution in [-0.4, -0.2) is 44.6 Å². The molecule has 0 aromatic heterocycles. The summed E-state index contributed by atoms with van der Waals surface area (Å²) < 4.78 is 10.9. The van der Waals surface area contributed by atoms with Crippen LogP contribution in [0.1, 0.15) is 5.56 Å². The third-order valence-corrected chi connectivity index (χ3v) is 5.59. The van der Waals surface area contributed by atoms with Crippen LogP contribution in [-0.2, 0) is 9.59 Å². The molecule has 1 saturated heterocycles. The number of nitrogens with zero attached hydrogens (tertiary/aromatic N) is 3. The SMILES string of the molecule is COc1cc(/C=C2/SC(=S)N(CC(=O)[O-])C2=O)ccc1Oc1ccc([N+](=O)[O-])cc1[N+](=O)[O-]. The third kappa shape index (κ3) is 5.24. The number of benzene rings is 2. The molecule has 0 unspecified atom stereocenters. The molecule has 0 spiro atoms. The summed E-state index contributed by atoms with van der Waals surface area (Å²) in [6.45, 7) is -0.661. The molecule has 2 aromatic carbocycles. The summed E-state index contributed by atoms with van der Waals surface area (Å²) in [6, 6.07) is 7.39. The van der Waals surface area contributed by atoms with Crippen molar-refractivity contribution in [2.24, 2.45) is 0 Å². The van der Waals surface area contributed by atoms with E-state index in [2.05, 4.69) is 0 Å². The van der Waals surface area contributed by atoms with Crippen molar-refractivity contribution in [3.05, 3.63) is 67.1 Å². The number of hydrogen-bond donors (Lipinski definition) is 0. The van der Waals surface area contributed by atoms with E-state index in [-0.39, 0.29) is 26.5 Å². The molecule has 2 aromatic rings. The molecule has 12 nitrogen and oxygen atoms in total. The molecule has 0 saturated carbocycles. The first kappa shape index (κ1) is 23.6. The Balaban J connectivity index is 1.90. The van der Waals surface area contributed by atoms with E-state index >= 15 is 0 Å². The minimum atomic E-state index is -1.45. The lowest BCUT2D eigenvalue weighted by molar-refractivity contribution is -0.394. The zero-order chi connectivity index (χ0) is 24.3. The number of carboxylic acids is 1. The maximum Gasteiger partial charge on any atom is 0.318 e. The highest BCUT2D eigenvalue weighted by Gasteiger charge is 2.32. The van der Waals surface area contributed by atoms with Gasteiger partial charge in [-0.15, -0.1) is 0 Å². The third-order valence-electron chi connectivity index (χ3n) is 4.22. The Hall–Kier alpha value is -4.04. The molecule has 14 heteroatoms. The summed E-state index contributed by atoms with van der Waals surface area (Å²) in [5.41, 5.74) is -0.592. The Morgan fingerprint density at radius 2 is 1.82 bits per heavy atom. The standard InChI is InChI=1S/C19H13N3O9S2/c1-30-15-6-10(7-16-18(25)20(9-17(23)24)19(32)33-16)2-4-14(15)31-13-5-3-11(21(26)27)8-12(13)22(28)29/h2-8H,9H2,1H3,(H,23,24)/p-1/b16-7+. The average Bonchev–Trinajstić information content (AvgIpc) is 3.01. The van der Waals surface area contributed by atoms with E-state index in [4.69, 9.17) is 21.7 Å². The summed E-state index contributed by atoms with van der Waals surface area (Å²) in [4.78, 5) is 44.9. The van der Waals surface area contributed by atoms with Crippen LogP contribution in [0.3, 0.4) is 0 Å². The van der Waals surface area contributed by atoms with E-state index in [0.29, 0.717) is 5.56 Å². The lowest BCUT2D eigenvalue weighted by Gasteiger charge is -2.14. The maximum atomic E-state index is 12.4. The Labute approximate surface area is 194 Å². The fourth-order valence-corrected chi connectivity index (χ4v) is 4.00. The van der Waals surface area contributed by atoms with Gasteiger partial charge in [0.15, 0.2) is 11.5 Å². The number of ether oxygens (including phenoxy) is 2. The average molecular weight is 490 g/mol. The predicted molar refractivity (Wildman–Crippen MR) is 118 cm³/mol. The van der Waals surface area contributed by atoms with Gasteiger partial charge >= 0.3 is 5.69 Å². The van der Waals surface area contributed by atoms with Gasteiger partial charge in [0.25, 0.3) is 11.6 Å². The molecule has 33 heavy (non-hydrogen) atoms. The second kappa shape index (κ2) is 9.62. The highest BCUT2D eigenvalue weighted by molar-refractivity contribution is 8.26. The quantitative estimate of drug-likeness (QED) is 0.230. The van der Waals surface area contributed by atoms with Gasteiger partial charge in [0.05, 0.1) is 40.4 Å².